The number of ketones is 2. The lowest BCUT2D eigenvalue weighted by Gasteiger charge is -2.09. The van der Waals surface area contributed by atoms with Gasteiger partial charge in [0, 0.05) is 11.5 Å². The minimum atomic E-state index is 0.0298. The van der Waals surface area contributed by atoms with Gasteiger partial charge in [-0.15, -0.1) is 23.5 Å². The summed E-state index contributed by atoms with van der Waals surface area (Å²) >= 11 is 3.07. The van der Waals surface area contributed by atoms with Crippen LogP contribution in [0.3, 0.4) is 0 Å². The van der Waals surface area contributed by atoms with Crippen LogP contribution in [0.25, 0.3) is 0 Å². The summed E-state index contributed by atoms with van der Waals surface area (Å²) in [4.78, 5) is 23.7. The molecule has 1 heterocycles. The molecule has 0 saturated carbocycles. The highest BCUT2D eigenvalue weighted by Crippen LogP contribution is 2.40. The van der Waals surface area contributed by atoms with Gasteiger partial charge in [-0.3, -0.25) is 9.59 Å². The summed E-state index contributed by atoms with van der Waals surface area (Å²) in [7, 11) is 0. The Balaban J connectivity index is 2.40. The summed E-state index contributed by atoms with van der Waals surface area (Å²) < 4.78 is 0. The molecule has 0 fully saturated rings. The molecule has 1 aliphatic heterocycles. The molecule has 4 heteroatoms. The van der Waals surface area contributed by atoms with Crippen LogP contribution in [0, 0.1) is 0 Å². The van der Waals surface area contributed by atoms with E-state index in [4.69, 9.17) is 0 Å². The first-order valence-electron chi connectivity index (χ1n) is 3.35. The van der Waals surface area contributed by atoms with E-state index in [9.17, 15) is 9.59 Å². The largest absolute Gasteiger partial charge is 0.293 e. The number of rotatable bonds is 0. The zero-order valence-electron chi connectivity index (χ0n) is 5.75. The van der Waals surface area contributed by atoms with E-state index in [0.29, 0.717) is 0 Å². The fourth-order valence-electron chi connectivity index (χ4n) is 1.14. The van der Waals surface area contributed by atoms with Gasteiger partial charge in [-0.2, -0.15) is 0 Å². The monoisotopic (exact) mass is 186 g/mol. The third-order valence-electron chi connectivity index (χ3n) is 1.61. The second-order valence-electron chi connectivity index (χ2n) is 2.38. The van der Waals surface area contributed by atoms with Crippen LogP contribution in [-0.4, -0.2) is 23.1 Å². The first kappa shape index (κ1) is 7.43. The summed E-state index contributed by atoms with van der Waals surface area (Å²) in [5.41, 5.74) is 0. The van der Waals surface area contributed by atoms with E-state index in [1.807, 2.05) is 0 Å². The Kier molecular flexibility index (Phi) is 1.81. The number of Topliss-reactive ketones (excluding diaryl/α,β-unsaturated/α-hetero) is 2. The molecule has 0 radical (unpaired) electrons. The molecule has 0 atom stereocenters. The molecule has 11 heavy (non-hydrogen) atoms. The third-order valence-corrected chi connectivity index (χ3v) is 4.26. The van der Waals surface area contributed by atoms with Gasteiger partial charge in [-0.05, 0) is 0 Å². The molecule has 2 aliphatic rings. The SMILES string of the molecule is O=C1CC(=O)C2=C1SCCS2. The standard InChI is InChI=1S/C7H6O2S2/c8-4-3-5(9)7-6(4)10-1-2-11-7/h1-3H2. The van der Waals surface area contributed by atoms with Crippen LogP contribution >= 0.6 is 23.5 Å². The molecule has 0 unspecified atom stereocenters. The average Bonchev–Trinajstić information content (AvgIpc) is 2.30. The van der Waals surface area contributed by atoms with Crippen LogP contribution < -0.4 is 0 Å². The van der Waals surface area contributed by atoms with Gasteiger partial charge < -0.3 is 0 Å². The van der Waals surface area contributed by atoms with Crippen molar-refractivity contribution in [2.45, 2.75) is 6.42 Å². The molecular formula is C7H6O2S2. The Bertz CT molecular complexity index is 242. The Morgan fingerprint density at radius 2 is 1.36 bits per heavy atom. The van der Waals surface area contributed by atoms with Gasteiger partial charge in [0.05, 0.1) is 16.2 Å². The van der Waals surface area contributed by atoms with E-state index in [2.05, 4.69) is 0 Å². The molecule has 1 aliphatic carbocycles. The molecular weight excluding hydrogens is 180 g/mol. The summed E-state index contributed by atoms with van der Waals surface area (Å²) in [5.74, 6) is 1.98. The summed E-state index contributed by atoms with van der Waals surface area (Å²) in [6.45, 7) is 0. The number of allylic oxidation sites excluding steroid dienone is 2. The van der Waals surface area contributed by atoms with Crippen molar-refractivity contribution in [1.82, 2.24) is 0 Å². The van der Waals surface area contributed by atoms with E-state index in [1.54, 1.807) is 0 Å². The number of hydrogen-bond donors (Lipinski definition) is 0. The van der Waals surface area contributed by atoms with Gasteiger partial charge in [0.15, 0.2) is 11.6 Å². The van der Waals surface area contributed by atoms with Gasteiger partial charge in [-0.25, -0.2) is 0 Å². The van der Waals surface area contributed by atoms with Crippen LogP contribution in [-0.2, 0) is 9.59 Å². The Morgan fingerprint density at radius 1 is 0.909 bits per heavy atom. The van der Waals surface area contributed by atoms with Crippen molar-refractivity contribution in [3.63, 3.8) is 0 Å². The van der Waals surface area contributed by atoms with Gasteiger partial charge >= 0.3 is 0 Å². The molecule has 0 saturated heterocycles. The maximum Gasteiger partial charge on any atom is 0.178 e. The molecule has 0 bridgehead atoms. The van der Waals surface area contributed by atoms with Crippen LogP contribution in [0.1, 0.15) is 6.42 Å². The molecule has 0 N–H and O–H groups in total. The smallest absolute Gasteiger partial charge is 0.178 e. The second-order valence-corrected chi connectivity index (χ2v) is 4.59. The second kappa shape index (κ2) is 2.68. The van der Waals surface area contributed by atoms with E-state index >= 15 is 0 Å². The quantitative estimate of drug-likeness (QED) is 0.533. The predicted octanol–water partition coefficient (Wildman–Crippen LogP) is 1.22. The normalized spacial score (nSPS) is 24.4. The summed E-state index contributed by atoms with van der Waals surface area (Å²) in [6.07, 6.45) is 0.116. The third kappa shape index (κ3) is 1.14. The number of carbonyl (C=O) groups is 2. The maximum absolute atomic E-state index is 11.1. The minimum Gasteiger partial charge on any atom is -0.293 e. The van der Waals surface area contributed by atoms with E-state index in [0.717, 1.165) is 21.3 Å². The fourth-order valence-corrected chi connectivity index (χ4v) is 3.52. The summed E-state index contributed by atoms with van der Waals surface area (Å²) in [5, 5.41) is 0. The lowest BCUT2D eigenvalue weighted by Crippen LogP contribution is -1.98. The topological polar surface area (TPSA) is 34.1 Å². The summed E-state index contributed by atoms with van der Waals surface area (Å²) in [6, 6.07) is 0. The fraction of sp³-hybridized carbons (Fsp3) is 0.429. The first-order chi connectivity index (χ1) is 5.29. The molecule has 0 aromatic carbocycles. The van der Waals surface area contributed by atoms with E-state index < -0.39 is 0 Å². The Morgan fingerprint density at radius 3 is 1.82 bits per heavy atom. The highest BCUT2D eigenvalue weighted by molar-refractivity contribution is 8.11. The molecule has 2 rings (SSSR count). The van der Waals surface area contributed by atoms with Gasteiger partial charge in [0.1, 0.15) is 0 Å². The van der Waals surface area contributed by atoms with Crippen molar-refractivity contribution in [2.75, 3.05) is 11.5 Å². The van der Waals surface area contributed by atoms with Crippen molar-refractivity contribution >= 4 is 35.1 Å². The molecule has 58 valence electrons. The minimum absolute atomic E-state index is 0.0298. The Hall–Kier alpha value is -0.220. The number of carbonyl (C=O) groups excluding carboxylic acids is 2. The van der Waals surface area contributed by atoms with Crippen molar-refractivity contribution in [2.24, 2.45) is 0 Å². The van der Waals surface area contributed by atoms with E-state index in [-0.39, 0.29) is 18.0 Å². The van der Waals surface area contributed by atoms with Gasteiger partial charge in [0.25, 0.3) is 0 Å². The lowest BCUT2D eigenvalue weighted by molar-refractivity contribution is -0.120. The van der Waals surface area contributed by atoms with Crippen LogP contribution in [0.4, 0.5) is 0 Å². The Labute approximate surface area is 72.8 Å². The number of hydrogen-bond acceptors (Lipinski definition) is 4. The zero-order chi connectivity index (χ0) is 7.84. The van der Waals surface area contributed by atoms with Crippen molar-refractivity contribution in [3.05, 3.63) is 9.81 Å². The van der Waals surface area contributed by atoms with Crippen LogP contribution in [0.2, 0.25) is 0 Å². The van der Waals surface area contributed by atoms with Crippen molar-refractivity contribution in [1.29, 1.82) is 0 Å². The maximum atomic E-state index is 11.1. The predicted molar refractivity (Wildman–Crippen MR) is 46.6 cm³/mol. The van der Waals surface area contributed by atoms with Crippen molar-refractivity contribution in [3.8, 4) is 0 Å². The van der Waals surface area contributed by atoms with E-state index in [1.165, 1.54) is 23.5 Å². The molecule has 0 spiro atoms. The number of thioether (sulfide) groups is 2. The molecule has 2 nitrogen and oxygen atoms in total. The molecule has 0 aromatic rings. The van der Waals surface area contributed by atoms with Crippen LogP contribution in [0.5, 0.6) is 0 Å². The molecule has 0 amide bonds. The first-order valence-corrected chi connectivity index (χ1v) is 5.32. The lowest BCUT2D eigenvalue weighted by atomic mass is 10.3. The highest BCUT2D eigenvalue weighted by Gasteiger charge is 2.32. The highest BCUT2D eigenvalue weighted by atomic mass is 32.2. The van der Waals surface area contributed by atoms with Gasteiger partial charge in [0.2, 0.25) is 0 Å². The average molecular weight is 186 g/mol. The zero-order valence-corrected chi connectivity index (χ0v) is 7.39. The van der Waals surface area contributed by atoms with Crippen molar-refractivity contribution < 1.29 is 9.59 Å². The molecule has 0 aromatic heterocycles. The van der Waals surface area contributed by atoms with Crippen LogP contribution in [0.15, 0.2) is 9.81 Å². The van der Waals surface area contributed by atoms with Gasteiger partial charge in [-0.1, -0.05) is 0 Å².